The number of rotatable bonds is 1. The summed E-state index contributed by atoms with van der Waals surface area (Å²) in [4.78, 5) is 14.2. The molecule has 0 unspecified atom stereocenters. The third kappa shape index (κ3) is 1.33. The van der Waals surface area contributed by atoms with Gasteiger partial charge in [-0.05, 0) is 38.3 Å². The Hall–Kier alpha value is -1.71. The number of nitrogens with zero attached hydrogens (tertiary/aromatic N) is 1. The number of carbonyl (C=O) groups is 1. The third-order valence-corrected chi connectivity index (χ3v) is 3.69. The van der Waals surface area contributed by atoms with Gasteiger partial charge in [-0.1, -0.05) is 0 Å². The number of hydrogen-bond donors (Lipinski definition) is 1. The van der Waals surface area contributed by atoms with Gasteiger partial charge < -0.3 is 15.4 Å². The highest BCUT2D eigenvalue weighted by Gasteiger charge is 2.52. The van der Waals surface area contributed by atoms with Gasteiger partial charge >= 0.3 is 0 Å². The van der Waals surface area contributed by atoms with E-state index < -0.39 is 5.60 Å². The average Bonchev–Trinajstić information content (AvgIpc) is 2.26. The molecule has 1 aliphatic heterocycles. The van der Waals surface area contributed by atoms with E-state index in [-0.39, 0.29) is 5.91 Å². The minimum atomic E-state index is -0.600. The van der Waals surface area contributed by atoms with Crippen LogP contribution in [0.4, 0.5) is 11.4 Å². The van der Waals surface area contributed by atoms with Gasteiger partial charge in [0.2, 0.25) is 0 Å². The number of nitrogen functional groups attached to an aromatic ring is 1. The van der Waals surface area contributed by atoms with Gasteiger partial charge in [-0.2, -0.15) is 0 Å². The number of ether oxygens (including phenoxy) is 1. The highest BCUT2D eigenvalue weighted by atomic mass is 16.5. The molecule has 3 rings (SSSR count). The monoisotopic (exact) mass is 232 g/mol. The van der Waals surface area contributed by atoms with Crippen molar-refractivity contribution in [2.24, 2.45) is 0 Å². The maximum absolute atomic E-state index is 12.4. The summed E-state index contributed by atoms with van der Waals surface area (Å²) in [5.74, 6) is 0.842. The van der Waals surface area contributed by atoms with Crippen LogP contribution in [0.1, 0.15) is 26.2 Å². The number of anilines is 2. The third-order valence-electron chi connectivity index (χ3n) is 3.69. The van der Waals surface area contributed by atoms with E-state index in [1.54, 1.807) is 11.0 Å². The predicted molar refractivity (Wildman–Crippen MR) is 66.1 cm³/mol. The van der Waals surface area contributed by atoms with Crippen LogP contribution in [0.2, 0.25) is 0 Å². The zero-order valence-electron chi connectivity index (χ0n) is 9.90. The number of benzene rings is 1. The number of fused-ring (bicyclic) bond motifs is 1. The van der Waals surface area contributed by atoms with E-state index in [2.05, 4.69) is 0 Å². The molecule has 90 valence electrons. The maximum Gasteiger partial charge on any atom is 0.271 e. The van der Waals surface area contributed by atoms with Gasteiger partial charge in [0.25, 0.3) is 5.91 Å². The number of amides is 1. The Morgan fingerprint density at radius 1 is 1.47 bits per heavy atom. The van der Waals surface area contributed by atoms with Crippen LogP contribution in [0.3, 0.4) is 0 Å². The van der Waals surface area contributed by atoms with Crippen LogP contribution in [0.15, 0.2) is 18.2 Å². The summed E-state index contributed by atoms with van der Waals surface area (Å²) >= 11 is 0. The van der Waals surface area contributed by atoms with E-state index >= 15 is 0 Å². The largest absolute Gasteiger partial charge is 0.475 e. The van der Waals surface area contributed by atoms with Crippen molar-refractivity contribution in [3.05, 3.63) is 18.2 Å². The lowest BCUT2D eigenvalue weighted by atomic mass is 9.77. The fourth-order valence-corrected chi connectivity index (χ4v) is 2.57. The summed E-state index contributed by atoms with van der Waals surface area (Å²) in [5, 5.41) is 0. The second kappa shape index (κ2) is 3.39. The lowest BCUT2D eigenvalue weighted by Gasteiger charge is -2.47. The van der Waals surface area contributed by atoms with E-state index in [9.17, 15) is 4.79 Å². The molecule has 1 spiro atoms. The van der Waals surface area contributed by atoms with Crippen LogP contribution in [-0.2, 0) is 4.79 Å². The molecular weight excluding hydrogens is 216 g/mol. The zero-order chi connectivity index (χ0) is 12.0. The molecule has 1 saturated carbocycles. The molecule has 4 heteroatoms. The molecule has 0 atom stereocenters. The lowest BCUT2D eigenvalue weighted by Crippen LogP contribution is -2.59. The molecule has 0 saturated heterocycles. The van der Waals surface area contributed by atoms with E-state index in [0.29, 0.717) is 12.2 Å². The van der Waals surface area contributed by atoms with Crippen LogP contribution in [0, 0.1) is 0 Å². The van der Waals surface area contributed by atoms with Crippen molar-refractivity contribution in [1.29, 1.82) is 0 Å². The first kappa shape index (κ1) is 10.4. The Kier molecular flexibility index (Phi) is 2.08. The molecule has 1 heterocycles. The van der Waals surface area contributed by atoms with Crippen LogP contribution in [-0.4, -0.2) is 18.1 Å². The molecule has 1 aliphatic carbocycles. The van der Waals surface area contributed by atoms with Crippen LogP contribution < -0.4 is 15.4 Å². The average molecular weight is 232 g/mol. The molecule has 1 fully saturated rings. The first-order chi connectivity index (χ1) is 8.16. The molecule has 17 heavy (non-hydrogen) atoms. The summed E-state index contributed by atoms with van der Waals surface area (Å²) in [5.41, 5.74) is 6.67. The quantitative estimate of drug-likeness (QED) is 0.753. The second-order valence-electron chi connectivity index (χ2n) is 4.73. The van der Waals surface area contributed by atoms with Gasteiger partial charge in [-0.15, -0.1) is 0 Å². The molecule has 0 radical (unpaired) electrons. The molecule has 1 amide bonds. The summed E-state index contributed by atoms with van der Waals surface area (Å²) in [7, 11) is 0. The highest BCUT2D eigenvalue weighted by Crippen LogP contribution is 2.46. The van der Waals surface area contributed by atoms with Crippen molar-refractivity contribution < 1.29 is 9.53 Å². The minimum absolute atomic E-state index is 0.100. The van der Waals surface area contributed by atoms with Crippen LogP contribution in [0.25, 0.3) is 0 Å². The van der Waals surface area contributed by atoms with E-state index in [4.69, 9.17) is 10.5 Å². The maximum atomic E-state index is 12.4. The summed E-state index contributed by atoms with van der Waals surface area (Å²) < 4.78 is 5.91. The molecule has 2 N–H and O–H groups in total. The Morgan fingerprint density at radius 3 is 2.82 bits per heavy atom. The van der Waals surface area contributed by atoms with E-state index in [1.165, 1.54) is 0 Å². The molecule has 2 aliphatic rings. The smallest absolute Gasteiger partial charge is 0.271 e. The lowest BCUT2D eigenvalue weighted by molar-refractivity contribution is -0.143. The number of nitrogens with two attached hydrogens (primary N) is 1. The van der Waals surface area contributed by atoms with Gasteiger partial charge in [-0.25, -0.2) is 0 Å². The highest BCUT2D eigenvalue weighted by molar-refractivity contribution is 6.03. The topological polar surface area (TPSA) is 55.6 Å². The Labute approximate surface area is 100 Å². The Morgan fingerprint density at radius 2 is 2.24 bits per heavy atom. The number of carbonyl (C=O) groups excluding carboxylic acids is 1. The van der Waals surface area contributed by atoms with Crippen molar-refractivity contribution in [3.63, 3.8) is 0 Å². The normalized spacial score (nSPS) is 20.8. The Bertz CT molecular complexity index is 480. The van der Waals surface area contributed by atoms with Gasteiger partial charge in [0.05, 0.1) is 5.69 Å². The molecule has 4 nitrogen and oxygen atoms in total. The number of hydrogen-bond acceptors (Lipinski definition) is 3. The van der Waals surface area contributed by atoms with Gasteiger partial charge in [0.15, 0.2) is 5.60 Å². The van der Waals surface area contributed by atoms with Gasteiger partial charge in [-0.3, -0.25) is 4.79 Å². The minimum Gasteiger partial charge on any atom is -0.475 e. The molecule has 1 aromatic rings. The molecule has 0 aromatic heterocycles. The fraction of sp³-hybridized carbons (Fsp3) is 0.462. The van der Waals surface area contributed by atoms with Crippen molar-refractivity contribution in [2.75, 3.05) is 17.2 Å². The first-order valence-electron chi connectivity index (χ1n) is 6.07. The SMILES string of the molecule is CCN1C(=O)C2(CCC2)Oc2cc(N)ccc21. The predicted octanol–water partition coefficient (Wildman–Crippen LogP) is 1.94. The van der Waals surface area contributed by atoms with Crippen LogP contribution in [0.5, 0.6) is 5.75 Å². The van der Waals surface area contributed by atoms with E-state index in [1.807, 2.05) is 19.1 Å². The van der Waals surface area contributed by atoms with Crippen LogP contribution >= 0.6 is 0 Å². The van der Waals surface area contributed by atoms with Crippen molar-refractivity contribution in [2.45, 2.75) is 31.8 Å². The summed E-state index contributed by atoms with van der Waals surface area (Å²) in [6.07, 6.45) is 2.69. The molecule has 0 bridgehead atoms. The summed E-state index contributed by atoms with van der Waals surface area (Å²) in [6, 6.07) is 5.47. The summed E-state index contributed by atoms with van der Waals surface area (Å²) in [6.45, 7) is 2.65. The Balaban J connectivity index is 2.10. The van der Waals surface area contributed by atoms with Gasteiger partial charge in [0.1, 0.15) is 5.75 Å². The van der Waals surface area contributed by atoms with Gasteiger partial charge in [0, 0.05) is 18.3 Å². The number of likely N-dealkylation sites (N-methyl/N-ethyl adjacent to an activating group) is 1. The first-order valence-corrected chi connectivity index (χ1v) is 6.07. The van der Waals surface area contributed by atoms with Crippen molar-refractivity contribution in [1.82, 2.24) is 0 Å². The zero-order valence-corrected chi connectivity index (χ0v) is 9.90. The molecule has 1 aromatic carbocycles. The molecular formula is C13H16N2O2. The fourth-order valence-electron chi connectivity index (χ4n) is 2.57. The second-order valence-corrected chi connectivity index (χ2v) is 4.73. The standard InChI is InChI=1S/C13H16N2O2/c1-2-15-10-5-4-9(14)8-11(10)17-13(12(15)16)6-3-7-13/h4-5,8H,2-3,6-7,14H2,1H3. The van der Waals surface area contributed by atoms with Crippen molar-refractivity contribution >= 4 is 17.3 Å². The van der Waals surface area contributed by atoms with Crippen molar-refractivity contribution in [3.8, 4) is 5.75 Å². The van der Waals surface area contributed by atoms with E-state index in [0.717, 1.165) is 30.7 Å².